The van der Waals surface area contributed by atoms with Crippen LogP contribution in [-0.4, -0.2) is 35.9 Å². The zero-order valence-corrected chi connectivity index (χ0v) is 11.8. The summed E-state index contributed by atoms with van der Waals surface area (Å²) in [6.07, 6.45) is 4.54. The van der Waals surface area contributed by atoms with Gasteiger partial charge in [-0.05, 0) is 18.2 Å². The van der Waals surface area contributed by atoms with Crippen LogP contribution < -0.4 is 5.32 Å². The van der Waals surface area contributed by atoms with E-state index in [2.05, 4.69) is 10.4 Å². The first-order valence-electron chi connectivity index (χ1n) is 6.35. The molecule has 1 aliphatic rings. The van der Waals surface area contributed by atoms with Crippen molar-refractivity contribution in [2.75, 3.05) is 5.75 Å². The number of aromatic nitrogens is 2. The van der Waals surface area contributed by atoms with Crippen molar-refractivity contribution in [3.8, 4) is 5.69 Å². The van der Waals surface area contributed by atoms with E-state index in [0.29, 0.717) is 5.56 Å². The lowest BCUT2D eigenvalue weighted by Crippen LogP contribution is -2.35. The van der Waals surface area contributed by atoms with Gasteiger partial charge in [0.15, 0.2) is 9.84 Å². The van der Waals surface area contributed by atoms with Gasteiger partial charge in [0.1, 0.15) is 0 Å². The topological polar surface area (TPSA) is 81.1 Å². The number of carbonyl (C=O) groups is 1. The molecule has 0 aliphatic carbocycles. The van der Waals surface area contributed by atoms with Gasteiger partial charge >= 0.3 is 0 Å². The third kappa shape index (κ3) is 3.03. The number of rotatable bonds is 3. The summed E-state index contributed by atoms with van der Waals surface area (Å²) in [7, 11) is -3.18. The lowest BCUT2D eigenvalue weighted by molar-refractivity contribution is 0.0947. The smallest absolute Gasteiger partial charge is 0.254 e. The van der Waals surface area contributed by atoms with Gasteiger partial charge < -0.3 is 5.32 Å². The van der Waals surface area contributed by atoms with Crippen LogP contribution in [0.25, 0.3) is 5.69 Å². The molecule has 0 saturated carbocycles. The first kappa shape index (κ1) is 13.6. The van der Waals surface area contributed by atoms with Gasteiger partial charge in [-0.2, -0.15) is 5.10 Å². The second-order valence-electron chi connectivity index (χ2n) is 4.75. The number of carbonyl (C=O) groups excluding carboxylic acids is 1. The van der Waals surface area contributed by atoms with Gasteiger partial charge in [0, 0.05) is 11.6 Å². The van der Waals surface area contributed by atoms with Crippen molar-refractivity contribution in [2.24, 2.45) is 0 Å². The maximum absolute atomic E-state index is 12.1. The molecule has 1 aliphatic heterocycles. The van der Waals surface area contributed by atoms with Crippen LogP contribution in [0.1, 0.15) is 10.4 Å². The van der Waals surface area contributed by atoms with Crippen molar-refractivity contribution >= 4 is 15.7 Å². The normalized spacial score (nSPS) is 19.5. The Kier molecular flexibility index (Phi) is 3.34. The van der Waals surface area contributed by atoms with Gasteiger partial charge in [-0.1, -0.05) is 18.2 Å². The van der Waals surface area contributed by atoms with Gasteiger partial charge in [0.25, 0.3) is 5.91 Å². The van der Waals surface area contributed by atoms with Gasteiger partial charge in [-0.15, -0.1) is 0 Å². The molecule has 2 heterocycles. The summed E-state index contributed by atoms with van der Waals surface area (Å²) in [4.78, 5) is 12.1. The Bertz CT molecular complexity index is 794. The molecule has 1 aromatic heterocycles. The standard InChI is InChI=1S/C14H13N3O3S/c18-14(16-12-6-7-21(19,20)10-12)11-8-15-17(9-11)13-4-2-1-3-5-13/h1-9,12H,10H2,(H,16,18)/t12-/m0/s1. The van der Waals surface area contributed by atoms with Crippen LogP contribution in [0.4, 0.5) is 0 Å². The lowest BCUT2D eigenvalue weighted by Gasteiger charge is -2.08. The molecule has 6 nitrogen and oxygen atoms in total. The number of sulfone groups is 1. The van der Waals surface area contributed by atoms with Crippen LogP contribution in [0, 0.1) is 0 Å². The summed E-state index contributed by atoms with van der Waals surface area (Å²) in [5.41, 5.74) is 1.23. The Morgan fingerprint density at radius 1 is 1.29 bits per heavy atom. The summed E-state index contributed by atoms with van der Waals surface area (Å²) in [6, 6.07) is 8.92. The van der Waals surface area contributed by atoms with Gasteiger partial charge in [0.05, 0.1) is 29.2 Å². The molecule has 21 heavy (non-hydrogen) atoms. The number of para-hydroxylation sites is 1. The number of hydrogen-bond acceptors (Lipinski definition) is 4. The second-order valence-corrected chi connectivity index (χ2v) is 6.68. The van der Waals surface area contributed by atoms with Crippen LogP contribution in [0.2, 0.25) is 0 Å². The largest absolute Gasteiger partial charge is 0.345 e. The summed E-state index contributed by atoms with van der Waals surface area (Å²) < 4.78 is 24.2. The highest BCUT2D eigenvalue weighted by Gasteiger charge is 2.23. The summed E-state index contributed by atoms with van der Waals surface area (Å²) in [5, 5.41) is 7.92. The average molecular weight is 303 g/mol. The molecule has 1 N–H and O–H groups in total. The van der Waals surface area contributed by atoms with Crippen molar-refractivity contribution in [3.05, 3.63) is 59.8 Å². The number of hydrogen-bond donors (Lipinski definition) is 1. The quantitative estimate of drug-likeness (QED) is 0.914. The Hall–Kier alpha value is -2.41. The van der Waals surface area contributed by atoms with Crippen LogP contribution in [0.3, 0.4) is 0 Å². The van der Waals surface area contributed by atoms with Crippen molar-refractivity contribution in [3.63, 3.8) is 0 Å². The first-order chi connectivity index (χ1) is 10.0. The SMILES string of the molecule is O=C(N[C@H]1C=CS(=O)(=O)C1)c1cnn(-c2ccccc2)c1. The predicted octanol–water partition coefficient (Wildman–Crippen LogP) is 0.913. The van der Waals surface area contributed by atoms with Crippen molar-refractivity contribution < 1.29 is 13.2 Å². The van der Waals surface area contributed by atoms with Crippen molar-refractivity contribution in [1.29, 1.82) is 0 Å². The zero-order valence-electron chi connectivity index (χ0n) is 11.0. The zero-order chi connectivity index (χ0) is 14.9. The molecule has 1 aromatic carbocycles. The molecular weight excluding hydrogens is 290 g/mol. The minimum absolute atomic E-state index is 0.0917. The monoisotopic (exact) mass is 303 g/mol. The fraction of sp³-hybridized carbons (Fsp3) is 0.143. The third-order valence-corrected chi connectivity index (χ3v) is 4.51. The lowest BCUT2D eigenvalue weighted by atomic mass is 10.3. The molecule has 3 rings (SSSR count). The minimum Gasteiger partial charge on any atom is -0.345 e. The molecule has 1 atom stereocenters. The Morgan fingerprint density at radius 2 is 2.05 bits per heavy atom. The van der Waals surface area contributed by atoms with E-state index >= 15 is 0 Å². The molecule has 0 radical (unpaired) electrons. The molecule has 7 heteroatoms. The predicted molar refractivity (Wildman–Crippen MR) is 77.7 cm³/mol. The van der Waals surface area contributed by atoms with Gasteiger partial charge in [-0.3, -0.25) is 4.79 Å². The molecule has 1 amide bonds. The first-order valence-corrected chi connectivity index (χ1v) is 8.07. The second kappa shape index (κ2) is 5.17. The Morgan fingerprint density at radius 3 is 2.71 bits per heavy atom. The van der Waals surface area contributed by atoms with E-state index in [0.717, 1.165) is 11.1 Å². The fourth-order valence-corrected chi connectivity index (χ4v) is 3.31. The van der Waals surface area contributed by atoms with E-state index in [1.54, 1.807) is 10.9 Å². The molecule has 108 valence electrons. The summed E-state index contributed by atoms with van der Waals surface area (Å²) in [6.45, 7) is 0. The molecule has 0 spiro atoms. The number of amides is 1. The highest BCUT2D eigenvalue weighted by Crippen LogP contribution is 2.10. The Balaban J connectivity index is 1.72. The molecular formula is C14H13N3O3S. The van der Waals surface area contributed by atoms with E-state index in [1.807, 2.05) is 30.3 Å². The Labute approximate surface area is 122 Å². The number of benzene rings is 1. The number of nitrogens with one attached hydrogen (secondary N) is 1. The van der Waals surface area contributed by atoms with E-state index in [-0.39, 0.29) is 11.7 Å². The fourth-order valence-electron chi connectivity index (χ4n) is 2.08. The van der Waals surface area contributed by atoms with Crippen LogP contribution >= 0.6 is 0 Å². The molecule has 0 saturated heterocycles. The van der Waals surface area contributed by atoms with E-state index in [1.165, 1.54) is 12.3 Å². The van der Waals surface area contributed by atoms with Gasteiger partial charge in [-0.25, -0.2) is 13.1 Å². The van der Waals surface area contributed by atoms with Crippen molar-refractivity contribution in [1.82, 2.24) is 15.1 Å². The van der Waals surface area contributed by atoms with Crippen LogP contribution in [0.15, 0.2) is 54.2 Å². The maximum atomic E-state index is 12.1. The van der Waals surface area contributed by atoms with Crippen molar-refractivity contribution in [2.45, 2.75) is 6.04 Å². The minimum atomic E-state index is -3.18. The summed E-state index contributed by atoms with van der Waals surface area (Å²) in [5.74, 6) is -0.435. The van der Waals surface area contributed by atoms with E-state index in [4.69, 9.17) is 0 Å². The number of nitrogens with zero attached hydrogens (tertiary/aromatic N) is 2. The highest BCUT2D eigenvalue weighted by molar-refractivity contribution is 7.94. The molecule has 0 bridgehead atoms. The molecule has 2 aromatic rings. The maximum Gasteiger partial charge on any atom is 0.254 e. The third-order valence-electron chi connectivity index (χ3n) is 3.11. The van der Waals surface area contributed by atoms with Gasteiger partial charge in [0.2, 0.25) is 0 Å². The highest BCUT2D eigenvalue weighted by atomic mass is 32.2. The van der Waals surface area contributed by atoms with Crippen LogP contribution in [-0.2, 0) is 9.84 Å². The van der Waals surface area contributed by atoms with Crippen LogP contribution in [0.5, 0.6) is 0 Å². The summed E-state index contributed by atoms with van der Waals surface area (Å²) >= 11 is 0. The average Bonchev–Trinajstić information content (AvgIpc) is 3.07. The molecule has 0 fully saturated rings. The molecule has 0 unspecified atom stereocenters. The van der Waals surface area contributed by atoms with E-state index in [9.17, 15) is 13.2 Å². The van der Waals surface area contributed by atoms with E-state index < -0.39 is 15.9 Å².